The molecule has 0 amide bonds. The van der Waals surface area contributed by atoms with Crippen LogP contribution in [0, 0.1) is 0 Å². The third-order valence-electron chi connectivity index (χ3n) is 3.29. The molecule has 0 radical (unpaired) electrons. The lowest BCUT2D eigenvalue weighted by Gasteiger charge is -2.10. The molecule has 1 rings (SSSR count). The number of ether oxygens (including phenoxy) is 2. The zero-order valence-electron chi connectivity index (χ0n) is 14.5. The zero-order valence-corrected chi connectivity index (χ0v) is 14.5. The van der Waals surface area contributed by atoms with Crippen molar-refractivity contribution in [2.45, 2.75) is 26.2 Å². The molecule has 0 aromatic heterocycles. The van der Waals surface area contributed by atoms with Gasteiger partial charge in [0, 0.05) is 33.4 Å². The van der Waals surface area contributed by atoms with E-state index in [9.17, 15) is 0 Å². The van der Waals surface area contributed by atoms with Crippen molar-refractivity contribution in [3.63, 3.8) is 0 Å². The van der Waals surface area contributed by atoms with Crippen LogP contribution in [0.2, 0.25) is 0 Å². The summed E-state index contributed by atoms with van der Waals surface area (Å²) in [5.41, 5.74) is 1.33. The van der Waals surface area contributed by atoms with Crippen LogP contribution in [0.25, 0.3) is 0 Å². The van der Waals surface area contributed by atoms with Crippen LogP contribution in [0.3, 0.4) is 0 Å². The molecule has 23 heavy (non-hydrogen) atoms. The van der Waals surface area contributed by atoms with Crippen molar-refractivity contribution in [1.29, 1.82) is 0 Å². The van der Waals surface area contributed by atoms with Crippen molar-refractivity contribution in [3.8, 4) is 0 Å². The summed E-state index contributed by atoms with van der Waals surface area (Å²) < 4.78 is 10.7. The Hall–Kier alpha value is -1.59. The van der Waals surface area contributed by atoms with Gasteiger partial charge in [-0.15, -0.1) is 0 Å². The minimum absolute atomic E-state index is 0.680. The molecule has 1 aromatic carbocycles. The van der Waals surface area contributed by atoms with Gasteiger partial charge in [0.2, 0.25) is 0 Å². The van der Waals surface area contributed by atoms with E-state index in [1.807, 2.05) is 6.07 Å². The van der Waals surface area contributed by atoms with Crippen LogP contribution in [0.15, 0.2) is 35.3 Å². The number of nitrogens with one attached hydrogen (secondary N) is 2. The predicted octanol–water partition coefficient (Wildman–Crippen LogP) is 2.23. The highest BCUT2D eigenvalue weighted by molar-refractivity contribution is 5.79. The van der Waals surface area contributed by atoms with E-state index in [-0.39, 0.29) is 0 Å². The van der Waals surface area contributed by atoms with Crippen molar-refractivity contribution in [1.82, 2.24) is 10.6 Å². The van der Waals surface area contributed by atoms with Crippen LogP contribution in [-0.2, 0) is 15.9 Å². The average Bonchev–Trinajstić information content (AvgIpc) is 2.58. The first-order valence-electron chi connectivity index (χ1n) is 8.49. The summed E-state index contributed by atoms with van der Waals surface area (Å²) in [6.07, 6.45) is 3.05. The number of rotatable bonds is 12. The number of methoxy groups -OCH3 is 1. The number of hydrogen-bond acceptors (Lipinski definition) is 3. The molecule has 0 aliphatic heterocycles. The van der Waals surface area contributed by atoms with Gasteiger partial charge in [-0.05, 0) is 31.7 Å². The van der Waals surface area contributed by atoms with Crippen molar-refractivity contribution in [2.75, 3.05) is 46.6 Å². The fourth-order valence-electron chi connectivity index (χ4n) is 2.06. The molecular formula is C18H31N3O2. The summed E-state index contributed by atoms with van der Waals surface area (Å²) >= 11 is 0. The lowest BCUT2D eigenvalue weighted by atomic mass is 10.2. The molecule has 1 aromatic rings. The lowest BCUT2D eigenvalue weighted by Crippen LogP contribution is -2.39. The summed E-state index contributed by atoms with van der Waals surface area (Å²) in [7, 11) is 1.70. The highest BCUT2D eigenvalue weighted by Gasteiger charge is 1.96. The first kappa shape index (κ1) is 19.5. The fourth-order valence-corrected chi connectivity index (χ4v) is 2.06. The summed E-state index contributed by atoms with van der Waals surface area (Å²) in [5, 5.41) is 6.46. The topological polar surface area (TPSA) is 54.9 Å². The fraction of sp³-hybridized carbons (Fsp3) is 0.611. The number of benzene rings is 1. The molecule has 0 heterocycles. The first-order chi connectivity index (χ1) is 11.4. The van der Waals surface area contributed by atoms with E-state index in [1.54, 1.807) is 7.11 Å². The Kier molecular flexibility index (Phi) is 11.9. The van der Waals surface area contributed by atoms with Gasteiger partial charge in [-0.1, -0.05) is 30.3 Å². The van der Waals surface area contributed by atoms with Crippen molar-refractivity contribution in [3.05, 3.63) is 35.9 Å². The monoisotopic (exact) mass is 321 g/mol. The molecule has 5 nitrogen and oxygen atoms in total. The highest BCUT2D eigenvalue weighted by atomic mass is 16.5. The van der Waals surface area contributed by atoms with E-state index in [1.165, 1.54) is 5.56 Å². The van der Waals surface area contributed by atoms with E-state index in [2.05, 4.69) is 46.8 Å². The molecule has 5 heteroatoms. The number of unbranched alkanes of at least 4 members (excludes halogenated alkanes) is 1. The molecule has 130 valence electrons. The van der Waals surface area contributed by atoms with Gasteiger partial charge in [-0.3, -0.25) is 4.99 Å². The smallest absolute Gasteiger partial charge is 0.191 e. The number of hydrogen-bond donors (Lipinski definition) is 2. The van der Waals surface area contributed by atoms with Crippen LogP contribution in [0.1, 0.15) is 25.3 Å². The molecule has 0 aliphatic carbocycles. The van der Waals surface area contributed by atoms with E-state index >= 15 is 0 Å². The third kappa shape index (κ3) is 10.7. The SMILES string of the molecule is CCNC(=NCCCCOCCc1ccccc1)NCCOC. The quantitative estimate of drug-likeness (QED) is 0.352. The first-order valence-corrected chi connectivity index (χ1v) is 8.49. The summed E-state index contributed by atoms with van der Waals surface area (Å²) in [4.78, 5) is 4.53. The number of guanidine groups is 1. The van der Waals surface area contributed by atoms with Gasteiger partial charge in [-0.25, -0.2) is 0 Å². The second kappa shape index (κ2) is 14.0. The Balaban J connectivity index is 2.02. The predicted molar refractivity (Wildman–Crippen MR) is 96.1 cm³/mol. The Morgan fingerprint density at radius 1 is 1.04 bits per heavy atom. The Morgan fingerprint density at radius 2 is 1.87 bits per heavy atom. The summed E-state index contributed by atoms with van der Waals surface area (Å²) in [6, 6.07) is 10.4. The van der Waals surface area contributed by atoms with Crippen molar-refractivity contribution in [2.24, 2.45) is 4.99 Å². The van der Waals surface area contributed by atoms with Crippen LogP contribution in [0.5, 0.6) is 0 Å². The normalized spacial score (nSPS) is 11.5. The molecule has 0 saturated heterocycles. The van der Waals surface area contributed by atoms with Gasteiger partial charge in [0.1, 0.15) is 0 Å². The Morgan fingerprint density at radius 3 is 2.61 bits per heavy atom. The van der Waals surface area contributed by atoms with E-state index in [4.69, 9.17) is 9.47 Å². The zero-order chi connectivity index (χ0) is 16.6. The van der Waals surface area contributed by atoms with Crippen molar-refractivity contribution >= 4 is 5.96 Å². The molecule has 0 saturated carbocycles. The molecule has 0 spiro atoms. The molecular weight excluding hydrogens is 290 g/mol. The van der Waals surface area contributed by atoms with Gasteiger partial charge in [0.05, 0.1) is 13.2 Å². The maximum absolute atomic E-state index is 5.68. The summed E-state index contributed by atoms with van der Waals surface area (Å²) in [6.45, 7) is 6.77. The van der Waals surface area contributed by atoms with E-state index in [0.717, 1.165) is 58.1 Å². The standard InChI is InChI=1S/C18H31N3O2/c1-3-19-18(21-13-16-22-2)20-12-7-8-14-23-15-11-17-9-5-4-6-10-17/h4-6,9-10H,3,7-8,11-16H2,1-2H3,(H2,19,20,21). The molecule has 0 unspecified atom stereocenters. The van der Waals surface area contributed by atoms with Gasteiger partial charge >= 0.3 is 0 Å². The van der Waals surface area contributed by atoms with Gasteiger partial charge in [0.15, 0.2) is 5.96 Å². The molecule has 0 fully saturated rings. The molecule has 2 N–H and O–H groups in total. The second-order valence-electron chi connectivity index (χ2n) is 5.24. The van der Waals surface area contributed by atoms with Gasteiger partial charge < -0.3 is 20.1 Å². The van der Waals surface area contributed by atoms with Crippen LogP contribution in [-0.4, -0.2) is 52.5 Å². The maximum Gasteiger partial charge on any atom is 0.191 e. The number of nitrogens with zero attached hydrogens (tertiary/aromatic N) is 1. The maximum atomic E-state index is 5.68. The third-order valence-corrected chi connectivity index (χ3v) is 3.29. The van der Waals surface area contributed by atoms with Crippen LogP contribution >= 0.6 is 0 Å². The van der Waals surface area contributed by atoms with E-state index in [0.29, 0.717) is 6.61 Å². The Bertz CT molecular complexity index is 410. The second-order valence-corrected chi connectivity index (χ2v) is 5.24. The number of aliphatic imine (C=N–C) groups is 1. The lowest BCUT2D eigenvalue weighted by molar-refractivity contribution is 0.134. The molecule has 0 aliphatic rings. The largest absolute Gasteiger partial charge is 0.383 e. The van der Waals surface area contributed by atoms with Crippen LogP contribution < -0.4 is 10.6 Å². The Labute approximate surface area is 140 Å². The van der Waals surface area contributed by atoms with Crippen LogP contribution in [0.4, 0.5) is 0 Å². The molecule has 0 atom stereocenters. The van der Waals surface area contributed by atoms with E-state index < -0.39 is 0 Å². The summed E-state index contributed by atoms with van der Waals surface area (Å²) in [5.74, 6) is 0.856. The van der Waals surface area contributed by atoms with Crippen molar-refractivity contribution < 1.29 is 9.47 Å². The average molecular weight is 321 g/mol. The highest BCUT2D eigenvalue weighted by Crippen LogP contribution is 2.00. The molecule has 0 bridgehead atoms. The van der Waals surface area contributed by atoms with Gasteiger partial charge in [-0.2, -0.15) is 0 Å². The minimum atomic E-state index is 0.680. The van der Waals surface area contributed by atoms with Gasteiger partial charge in [0.25, 0.3) is 0 Å². The minimum Gasteiger partial charge on any atom is -0.383 e.